The van der Waals surface area contributed by atoms with Crippen LogP contribution in [0.3, 0.4) is 0 Å². The molecule has 1 amide bonds. The third kappa shape index (κ3) is 4.68. The molecule has 1 heterocycles. The molecule has 1 aromatic carbocycles. The van der Waals surface area contributed by atoms with E-state index < -0.39 is 11.0 Å². The summed E-state index contributed by atoms with van der Waals surface area (Å²) in [6.45, 7) is 10.5. The molecule has 1 fully saturated rings. The summed E-state index contributed by atoms with van der Waals surface area (Å²) < 4.78 is 0. The fourth-order valence-corrected chi connectivity index (χ4v) is 2.99. The van der Waals surface area contributed by atoms with Gasteiger partial charge in [-0.25, -0.2) is 0 Å². The Labute approximate surface area is 145 Å². The van der Waals surface area contributed by atoms with E-state index in [1.54, 1.807) is 6.08 Å². The summed E-state index contributed by atoms with van der Waals surface area (Å²) in [6, 6.07) is 10.4. The van der Waals surface area contributed by atoms with E-state index in [1.807, 2.05) is 19.9 Å². The quantitative estimate of drug-likeness (QED) is 0.756. The maximum Gasteiger partial charge on any atom is 0.229 e. The smallest absolute Gasteiger partial charge is 0.229 e. The second-order valence-corrected chi connectivity index (χ2v) is 7.14. The zero-order chi connectivity index (χ0) is 17.6. The van der Waals surface area contributed by atoms with Crippen LogP contribution in [-0.2, 0) is 11.3 Å². The van der Waals surface area contributed by atoms with Gasteiger partial charge in [0.05, 0.1) is 11.0 Å². The Balaban J connectivity index is 1.82. The molecule has 1 saturated heterocycles. The van der Waals surface area contributed by atoms with E-state index in [-0.39, 0.29) is 5.91 Å². The zero-order valence-corrected chi connectivity index (χ0v) is 14.9. The standard InChI is InChI=1S/C20H30N2O2/c1-4-19(3,5-2)18(23)21-16-20(24)11-13-22(14-12-20)15-17-9-7-6-8-10-17/h4,6-10,24H,1,5,11-16H2,2-3H3,(H,21,23)/t19-/m1/s1. The number of hydrogen-bond acceptors (Lipinski definition) is 3. The number of carbonyl (C=O) groups excluding carboxylic acids is 1. The van der Waals surface area contributed by atoms with Crippen LogP contribution in [0.4, 0.5) is 0 Å². The summed E-state index contributed by atoms with van der Waals surface area (Å²) >= 11 is 0. The molecule has 0 aromatic heterocycles. The average molecular weight is 330 g/mol. The van der Waals surface area contributed by atoms with Crippen molar-refractivity contribution in [1.82, 2.24) is 10.2 Å². The molecule has 0 spiro atoms. The van der Waals surface area contributed by atoms with Crippen LogP contribution in [0.5, 0.6) is 0 Å². The van der Waals surface area contributed by atoms with Crippen molar-refractivity contribution < 1.29 is 9.90 Å². The number of likely N-dealkylation sites (tertiary alicyclic amines) is 1. The Hall–Kier alpha value is -1.65. The summed E-state index contributed by atoms with van der Waals surface area (Å²) in [5.74, 6) is -0.0554. The molecule has 2 N–H and O–H groups in total. The molecule has 1 atom stereocenters. The lowest BCUT2D eigenvalue weighted by atomic mass is 9.85. The monoisotopic (exact) mass is 330 g/mol. The number of hydrogen-bond donors (Lipinski definition) is 2. The number of carbonyl (C=O) groups is 1. The molecule has 4 heteroatoms. The highest BCUT2D eigenvalue weighted by molar-refractivity contribution is 5.84. The van der Waals surface area contributed by atoms with E-state index >= 15 is 0 Å². The van der Waals surface area contributed by atoms with Crippen molar-refractivity contribution in [2.45, 2.75) is 45.3 Å². The molecule has 0 radical (unpaired) electrons. The van der Waals surface area contributed by atoms with Crippen LogP contribution in [0.1, 0.15) is 38.7 Å². The van der Waals surface area contributed by atoms with Gasteiger partial charge in [0.25, 0.3) is 0 Å². The maximum absolute atomic E-state index is 12.3. The van der Waals surface area contributed by atoms with Gasteiger partial charge in [0.2, 0.25) is 5.91 Å². The van der Waals surface area contributed by atoms with Gasteiger partial charge in [0.15, 0.2) is 0 Å². The van der Waals surface area contributed by atoms with Crippen molar-refractivity contribution in [1.29, 1.82) is 0 Å². The van der Waals surface area contributed by atoms with Gasteiger partial charge in [0.1, 0.15) is 0 Å². The van der Waals surface area contributed by atoms with Crippen LogP contribution < -0.4 is 5.32 Å². The molecule has 1 aliphatic heterocycles. The molecule has 1 aliphatic rings. The molecule has 2 rings (SSSR count). The highest BCUT2D eigenvalue weighted by atomic mass is 16.3. The van der Waals surface area contributed by atoms with E-state index in [0.29, 0.717) is 25.8 Å². The summed E-state index contributed by atoms with van der Waals surface area (Å²) in [4.78, 5) is 14.7. The van der Waals surface area contributed by atoms with Crippen LogP contribution in [0, 0.1) is 5.41 Å². The number of amides is 1. The van der Waals surface area contributed by atoms with Crippen LogP contribution >= 0.6 is 0 Å². The summed E-state index contributed by atoms with van der Waals surface area (Å²) in [5, 5.41) is 13.7. The molecular formula is C20H30N2O2. The van der Waals surface area contributed by atoms with Crippen LogP contribution in [0.25, 0.3) is 0 Å². The average Bonchev–Trinajstić information content (AvgIpc) is 2.62. The van der Waals surface area contributed by atoms with Crippen molar-refractivity contribution in [3.8, 4) is 0 Å². The van der Waals surface area contributed by atoms with E-state index in [9.17, 15) is 9.90 Å². The van der Waals surface area contributed by atoms with Crippen LogP contribution in [0.2, 0.25) is 0 Å². The van der Waals surface area contributed by atoms with Crippen molar-refractivity contribution in [2.75, 3.05) is 19.6 Å². The summed E-state index contributed by atoms with van der Waals surface area (Å²) in [7, 11) is 0. The molecule has 4 nitrogen and oxygen atoms in total. The van der Waals surface area contributed by atoms with Gasteiger partial charge in [-0.15, -0.1) is 6.58 Å². The minimum absolute atomic E-state index is 0.0554. The first-order valence-corrected chi connectivity index (χ1v) is 8.81. The number of piperidine rings is 1. The first kappa shape index (κ1) is 18.7. The topological polar surface area (TPSA) is 52.6 Å². The Kier molecular flexibility index (Phi) is 6.19. The Morgan fingerprint density at radius 1 is 1.38 bits per heavy atom. The molecule has 0 unspecified atom stereocenters. The number of rotatable bonds is 7. The van der Waals surface area contributed by atoms with Gasteiger partial charge in [0, 0.05) is 26.2 Å². The molecule has 24 heavy (non-hydrogen) atoms. The van der Waals surface area contributed by atoms with Crippen molar-refractivity contribution in [3.05, 3.63) is 48.6 Å². The van der Waals surface area contributed by atoms with Crippen molar-refractivity contribution in [3.63, 3.8) is 0 Å². The maximum atomic E-state index is 12.3. The second kappa shape index (κ2) is 7.95. The van der Waals surface area contributed by atoms with Crippen molar-refractivity contribution >= 4 is 5.91 Å². The highest BCUT2D eigenvalue weighted by Crippen LogP contribution is 2.25. The summed E-state index contributed by atoms with van der Waals surface area (Å²) in [5.41, 5.74) is -0.0794. The molecule has 0 bridgehead atoms. The van der Waals surface area contributed by atoms with E-state index in [1.165, 1.54) is 5.56 Å². The van der Waals surface area contributed by atoms with Gasteiger partial charge in [-0.05, 0) is 31.7 Å². The number of aliphatic hydroxyl groups is 1. The molecule has 0 aliphatic carbocycles. The van der Waals surface area contributed by atoms with Gasteiger partial charge in [-0.3, -0.25) is 9.69 Å². The van der Waals surface area contributed by atoms with Crippen molar-refractivity contribution in [2.24, 2.45) is 5.41 Å². The van der Waals surface area contributed by atoms with E-state index in [0.717, 1.165) is 19.6 Å². The number of nitrogens with zero attached hydrogens (tertiary/aromatic N) is 1. The third-order valence-electron chi connectivity index (χ3n) is 5.32. The Bertz CT molecular complexity index is 550. The Morgan fingerprint density at radius 3 is 2.54 bits per heavy atom. The van der Waals surface area contributed by atoms with Gasteiger partial charge in [-0.1, -0.05) is 43.3 Å². The lowest BCUT2D eigenvalue weighted by Crippen LogP contribution is -2.52. The fourth-order valence-electron chi connectivity index (χ4n) is 2.99. The predicted molar refractivity (Wildman–Crippen MR) is 97.5 cm³/mol. The lowest BCUT2D eigenvalue weighted by Gasteiger charge is -2.39. The number of nitrogens with one attached hydrogen (secondary N) is 1. The molecular weight excluding hydrogens is 300 g/mol. The molecule has 1 aromatic rings. The van der Waals surface area contributed by atoms with Gasteiger partial charge >= 0.3 is 0 Å². The van der Waals surface area contributed by atoms with Gasteiger partial charge < -0.3 is 10.4 Å². The zero-order valence-electron chi connectivity index (χ0n) is 14.9. The number of benzene rings is 1. The SMILES string of the molecule is C=C[C@](C)(CC)C(=O)NCC1(O)CCN(Cc2ccccc2)CC1. The fraction of sp³-hybridized carbons (Fsp3) is 0.550. The second-order valence-electron chi connectivity index (χ2n) is 7.14. The minimum Gasteiger partial charge on any atom is -0.388 e. The van der Waals surface area contributed by atoms with E-state index in [2.05, 4.69) is 41.1 Å². The van der Waals surface area contributed by atoms with E-state index in [4.69, 9.17) is 0 Å². The Morgan fingerprint density at radius 2 is 2.00 bits per heavy atom. The predicted octanol–water partition coefficient (Wildman–Crippen LogP) is 2.73. The molecule has 132 valence electrons. The first-order chi connectivity index (χ1) is 11.4. The van der Waals surface area contributed by atoms with Crippen LogP contribution in [-0.4, -0.2) is 41.1 Å². The summed E-state index contributed by atoms with van der Waals surface area (Å²) in [6.07, 6.45) is 3.74. The first-order valence-electron chi connectivity index (χ1n) is 8.81. The molecule has 0 saturated carbocycles. The normalized spacial score (nSPS) is 20.1. The van der Waals surface area contributed by atoms with Gasteiger partial charge in [-0.2, -0.15) is 0 Å². The highest BCUT2D eigenvalue weighted by Gasteiger charge is 2.35. The van der Waals surface area contributed by atoms with Crippen LogP contribution in [0.15, 0.2) is 43.0 Å². The largest absolute Gasteiger partial charge is 0.388 e. The third-order valence-corrected chi connectivity index (χ3v) is 5.32. The minimum atomic E-state index is -0.807. The lowest BCUT2D eigenvalue weighted by molar-refractivity contribution is -0.129.